The van der Waals surface area contributed by atoms with Crippen molar-refractivity contribution in [3.63, 3.8) is 0 Å². The van der Waals surface area contributed by atoms with Gasteiger partial charge in [-0.15, -0.1) is 0 Å². The zero-order valence-electron chi connectivity index (χ0n) is 16.9. The fraction of sp³-hybridized carbons (Fsp3) is 0.391. The maximum Gasteiger partial charge on any atom is 0.243 e. The smallest absolute Gasteiger partial charge is 0.243 e. The quantitative estimate of drug-likeness (QED) is 0.530. The van der Waals surface area contributed by atoms with Crippen LogP contribution in [0.4, 0.5) is 0 Å². The molecule has 4 rings (SSSR count). The van der Waals surface area contributed by atoms with E-state index in [0.29, 0.717) is 34.5 Å². The van der Waals surface area contributed by atoms with Crippen molar-refractivity contribution in [3.8, 4) is 0 Å². The Labute approximate surface area is 178 Å². The van der Waals surface area contributed by atoms with E-state index < -0.39 is 10.0 Å². The minimum atomic E-state index is -3.52. The van der Waals surface area contributed by atoms with Gasteiger partial charge in [0.25, 0.3) is 0 Å². The normalized spacial score (nSPS) is 16.5. The van der Waals surface area contributed by atoms with Crippen molar-refractivity contribution < 1.29 is 8.42 Å². The number of para-hydroxylation sites is 1. The summed E-state index contributed by atoms with van der Waals surface area (Å²) in [5.41, 5.74) is 3.25. The number of nitrogens with zero attached hydrogens (tertiary/aromatic N) is 2. The van der Waals surface area contributed by atoms with Gasteiger partial charge in [0.05, 0.1) is 4.90 Å². The summed E-state index contributed by atoms with van der Waals surface area (Å²) in [7, 11) is -3.52. The summed E-state index contributed by atoms with van der Waals surface area (Å²) in [6, 6.07) is 13.6. The molecule has 1 fully saturated rings. The van der Waals surface area contributed by atoms with Gasteiger partial charge in [0, 0.05) is 41.8 Å². The lowest BCUT2D eigenvalue weighted by molar-refractivity contribution is 0.320. The van der Waals surface area contributed by atoms with Gasteiger partial charge in [-0.1, -0.05) is 42.8 Å². The monoisotopic (exact) mass is 430 g/mol. The summed E-state index contributed by atoms with van der Waals surface area (Å²) in [5.74, 6) is 0.380. The fourth-order valence-corrected chi connectivity index (χ4v) is 6.39. The van der Waals surface area contributed by atoms with E-state index in [4.69, 9.17) is 11.6 Å². The Morgan fingerprint density at radius 2 is 1.79 bits per heavy atom. The number of hydrogen-bond acceptors (Lipinski definition) is 2. The molecule has 2 heterocycles. The second-order valence-electron chi connectivity index (χ2n) is 7.84. The molecule has 0 bridgehead atoms. The number of piperidine rings is 1. The number of aromatic nitrogens is 1. The molecular formula is C23H27ClN2O2S. The van der Waals surface area contributed by atoms with Gasteiger partial charge in [0.1, 0.15) is 0 Å². The first-order chi connectivity index (χ1) is 13.9. The van der Waals surface area contributed by atoms with E-state index in [-0.39, 0.29) is 0 Å². The Kier molecular flexibility index (Phi) is 5.74. The highest BCUT2D eigenvalue weighted by Crippen LogP contribution is 2.36. The molecular weight excluding hydrogens is 404 g/mol. The lowest BCUT2D eigenvalue weighted by Gasteiger charge is -2.31. The lowest BCUT2D eigenvalue weighted by atomic mass is 9.90. The standard InChI is InChI=1S/C23H27ClN2O2S/c1-3-13-25-16-20(19-7-4-5-9-22(19)25)18-11-14-26(15-12-18)29(27,28)23-10-6-8-21(24)17(23)2/h4-10,16,18H,3,11-15H2,1-2H3. The van der Waals surface area contributed by atoms with Crippen molar-refractivity contribution in [1.29, 1.82) is 0 Å². The van der Waals surface area contributed by atoms with Gasteiger partial charge >= 0.3 is 0 Å². The molecule has 0 aliphatic carbocycles. The number of halogens is 1. The first-order valence-corrected chi connectivity index (χ1v) is 12.1. The van der Waals surface area contributed by atoms with Gasteiger partial charge in [-0.05, 0) is 61.4 Å². The molecule has 0 saturated carbocycles. The predicted octanol–water partition coefficient (Wildman–Crippen LogP) is 5.58. The zero-order valence-corrected chi connectivity index (χ0v) is 18.5. The van der Waals surface area contributed by atoms with Gasteiger partial charge in [-0.25, -0.2) is 8.42 Å². The first-order valence-electron chi connectivity index (χ1n) is 10.3. The summed E-state index contributed by atoms with van der Waals surface area (Å²) >= 11 is 6.16. The SMILES string of the molecule is CCCn1cc(C2CCN(S(=O)(=O)c3cccc(Cl)c3C)CC2)c2ccccc21. The number of aryl methyl sites for hydroxylation is 1. The molecule has 0 N–H and O–H groups in total. The Balaban J connectivity index is 1.57. The van der Waals surface area contributed by atoms with Crippen molar-refractivity contribution in [1.82, 2.24) is 8.87 Å². The second-order valence-corrected chi connectivity index (χ2v) is 10.1. The number of fused-ring (bicyclic) bond motifs is 1. The van der Waals surface area contributed by atoms with Gasteiger partial charge in [-0.2, -0.15) is 4.31 Å². The van der Waals surface area contributed by atoms with Gasteiger partial charge in [-0.3, -0.25) is 0 Å². The predicted molar refractivity (Wildman–Crippen MR) is 119 cm³/mol. The first kappa shape index (κ1) is 20.5. The highest BCUT2D eigenvalue weighted by molar-refractivity contribution is 7.89. The molecule has 0 radical (unpaired) electrons. The van der Waals surface area contributed by atoms with Crippen LogP contribution >= 0.6 is 11.6 Å². The Hall–Kier alpha value is -1.82. The van der Waals surface area contributed by atoms with Crippen LogP contribution in [0.3, 0.4) is 0 Å². The molecule has 2 aromatic carbocycles. The Morgan fingerprint density at radius 3 is 2.52 bits per heavy atom. The van der Waals surface area contributed by atoms with Gasteiger partial charge in [0.15, 0.2) is 0 Å². The third-order valence-electron chi connectivity index (χ3n) is 6.01. The number of sulfonamides is 1. The summed E-state index contributed by atoms with van der Waals surface area (Å²) in [6.07, 6.45) is 5.04. The van der Waals surface area contributed by atoms with E-state index >= 15 is 0 Å². The minimum Gasteiger partial charge on any atom is -0.347 e. The van der Waals surface area contributed by atoms with Gasteiger partial charge in [0.2, 0.25) is 10.0 Å². The van der Waals surface area contributed by atoms with Crippen LogP contribution in [0, 0.1) is 6.92 Å². The number of hydrogen-bond donors (Lipinski definition) is 0. The third kappa shape index (κ3) is 3.72. The molecule has 0 spiro atoms. The molecule has 6 heteroatoms. The molecule has 4 nitrogen and oxygen atoms in total. The highest BCUT2D eigenvalue weighted by atomic mass is 35.5. The summed E-state index contributed by atoms with van der Waals surface area (Å²) in [4.78, 5) is 0.322. The van der Waals surface area contributed by atoms with E-state index in [1.54, 1.807) is 29.4 Å². The van der Waals surface area contributed by atoms with Crippen molar-refractivity contribution in [2.24, 2.45) is 0 Å². The van der Waals surface area contributed by atoms with Crippen LogP contribution in [-0.2, 0) is 16.6 Å². The molecule has 1 aliphatic heterocycles. The van der Waals surface area contributed by atoms with Crippen LogP contribution in [0.25, 0.3) is 10.9 Å². The Morgan fingerprint density at radius 1 is 1.07 bits per heavy atom. The molecule has 29 heavy (non-hydrogen) atoms. The largest absolute Gasteiger partial charge is 0.347 e. The lowest BCUT2D eigenvalue weighted by Crippen LogP contribution is -2.38. The Bertz CT molecular complexity index is 1130. The molecule has 154 valence electrons. The van der Waals surface area contributed by atoms with E-state index in [0.717, 1.165) is 25.8 Å². The fourth-order valence-electron chi connectivity index (χ4n) is 4.44. The van der Waals surface area contributed by atoms with E-state index in [2.05, 4.69) is 42.0 Å². The van der Waals surface area contributed by atoms with Crippen molar-refractivity contribution in [2.45, 2.75) is 50.5 Å². The van der Waals surface area contributed by atoms with E-state index in [9.17, 15) is 8.42 Å². The van der Waals surface area contributed by atoms with Crippen molar-refractivity contribution in [2.75, 3.05) is 13.1 Å². The number of benzene rings is 2. The summed E-state index contributed by atoms with van der Waals surface area (Å²) in [5, 5.41) is 1.79. The third-order valence-corrected chi connectivity index (χ3v) is 8.47. The molecule has 3 aromatic rings. The summed E-state index contributed by atoms with van der Waals surface area (Å²) < 4.78 is 30.3. The molecule has 0 unspecified atom stereocenters. The van der Waals surface area contributed by atoms with E-state index in [1.807, 2.05) is 0 Å². The summed E-state index contributed by atoms with van der Waals surface area (Å²) in [6.45, 7) is 6.03. The van der Waals surface area contributed by atoms with Gasteiger partial charge < -0.3 is 4.57 Å². The maximum absolute atomic E-state index is 13.2. The van der Waals surface area contributed by atoms with Crippen LogP contribution < -0.4 is 0 Å². The maximum atomic E-state index is 13.2. The zero-order chi connectivity index (χ0) is 20.6. The van der Waals surface area contributed by atoms with Crippen LogP contribution in [0.5, 0.6) is 0 Å². The highest BCUT2D eigenvalue weighted by Gasteiger charge is 2.32. The molecule has 1 aliphatic rings. The van der Waals surface area contributed by atoms with Crippen molar-refractivity contribution in [3.05, 3.63) is 64.8 Å². The molecule has 1 saturated heterocycles. The van der Waals surface area contributed by atoms with Crippen LogP contribution in [0.15, 0.2) is 53.6 Å². The topological polar surface area (TPSA) is 42.3 Å². The van der Waals surface area contributed by atoms with Crippen LogP contribution in [0.1, 0.15) is 43.2 Å². The molecule has 0 atom stereocenters. The molecule has 0 amide bonds. The average molecular weight is 431 g/mol. The van der Waals surface area contributed by atoms with Crippen LogP contribution in [0.2, 0.25) is 5.02 Å². The second kappa shape index (κ2) is 8.13. The minimum absolute atomic E-state index is 0.322. The number of rotatable bonds is 5. The average Bonchev–Trinajstić information content (AvgIpc) is 3.09. The van der Waals surface area contributed by atoms with E-state index in [1.165, 1.54) is 16.5 Å². The molecule has 1 aromatic heterocycles. The van der Waals surface area contributed by atoms with Crippen LogP contribution in [-0.4, -0.2) is 30.4 Å². The van der Waals surface area contributed by atoms with Crippen molar-refractivity contribution >= 4 is 32.5 Å².